The molecule has 0 bridgehead atoms. The van der Waals surface area contributed by atoms with E-state index in [9.17, 15) is 4.79 Å². The van der Waals surface area contributed by atoms with E-state index in [1.54, 1.807) is 7.11 Å². The lowest BCUT2D eigenvalue weighted by Crippen LogP contribution is -2.66. The van der Waals surface area contributed by atoms with Crippen LogP contribution in [-0.4, -0.2) is 87.7 Å². The van der Waals surface area contributed by atoms with Gasteiger partial charge in [-0.15, -0.1) is 0 Å². The molecule has 69 heavy (non-hydrogen) atoms. The Hall–Kier alpha value is -5.61. The van der Waals surface area contributed by atoms with E-state index in [4.69, 9.17) is 52.1 Å². The minimum atomic E-state index is -1.17. The van der Waals surface area contributed by atoms with E-state index < -0.39 is 67.4 Å². The molecule has 0 amide bonds. The van der Waals surface area contributed by atoms with E-state index in [1.165, 1.54) is 6.92 Å². The van der Waals surface area contributed by atoms with E-state index in [2.05, 4.69) is 0 Å². The number of rotatable bonds is 24. The summed E-state index contributed by atoms with van der Waals surface area (Å²) >= 11 is 0. The van der Waals surface area contributed by atoms with Gasteiger partial charge in [0.2, 0.25) is 0 Å². The van der Waals surface area contributed by atoms with Gasteiger partial charge in [0.25, 0.3) is 0 Å². The van der Waals surface area contributed by atoms with Gasteiger partial charge < -0.3 is 52.1 Å². The molecular formula is C57H62O12. The number of benzene rings is 6. The molecule has 0 spiro atoms. The molecule has 10 atom stereocenters. The predicted octanol–water partition coefficient (Wildman–Crippen LogP) is 9.17. The van der Waals surface area contributed by atoms with Crippen molar-refractivity contribution in [2.24, 2.45) is 0 Å². The topological polar surface area (TPSA) is 119 Å². The highest BCUT2D eigenvalue weighted by atomic mass is 16.8. The third-order valence-corrected chi connectivity index (χ3v) is 11.9. The average Bonchev–Trinajstić information content (AvgIpc) is 3.39. The third kappa shape index (κ3) is 14.7. The van der Waals surface area contributed by atoms with Gasteiger partial charge in [-0.25, -0.2) is 0 Å². The first-order valence-electron chi connectivity index (χ1n) is 23.5. The van der Waals surface area contributed by atoms with E-state index in [0.717, 1.165) is 33.4 Å². The van der Waals surface area contributed by atoms with Gasteiger partial charge >= 0.3 is 5.97 Å². The molecule has 2 fully saturated rings. The van der Waals surface area contributed by atoms with E-state index >= 15 is 0 Å². The second-order valence-electron chi connectivity index (χ2n) is 17.0. The highest BCUT2D eigenvalue weighted by Gasteiger charge is 2.55. The molecule has 2 heterocycles. The molecular weight excluding hydrogens is 877 g/mol. The molecule has 0 aromatic heterocycles. The zero-order chi connectivity index (χ0) is 47.5. The van der Waals surface area contributed by atoms with Crippen LogP contribution < -0.4 is 0 Å². The number of methoxy groups -OCH3 is 1. The number of carbonyl (C=O) groups excluding carboxylic acids is 1. The Morgan fingerprint density at radius 1 is 0.391 bits per heavy atom. The maximum absolute atomic E-state index is 13.1. The molecule has 0 saturated carbocycles. The van der Waals surface area contributed by atoms with Crippen molar-refractivity contribution < 1.29 is 56.9 Å². The number of hydrogen-bond acceptors (Lipinski definition) is 12. The van der Waals surface area contributed by atoms with Crippen LogP contribution in [0.3, 0.4) is 0 Å². The van der Waals surface area contributed by atoms with Crippen LogP contribution in [0.4, 0.5) is 0 Å². The summed E-state index contributed by atoms with van der Waals surface area (Å²) in [6.07, 6.45) is -9.12. The number of esters is 1. The minimum absolute atomic E-state index is 0.0244. The molecule has 12 nitrogen and oxygen atoms in total. The summed E-state index contributed by atoms with van der Waals surface area (Å²) < 4.78 is 73.7. The monoisotopic (exact) mass is 938 g/mol. The Kier molecular flexibility index (Phi) is 19.0. The Bertz CT molecular complexity index is 2350. The molecule has 0 unspecified atom stereocenters. The summed E-state index contributed by atoms with van der Waals surface area (Å²) in [5.41, 5.74) is 5.69. The molecule has 362 valence electrons. The van der Waals surface area contributed by atoms with Gasteiger partial charge in [-0.2, -0.15) is 0 Å². The van der Waals surface area contributed by atoms with E-state index in [0.29, 0.717) is 6.61 Å². The van der Waals surface area contributed by atoms with Crippen molar-refractivity contribution in [2.45, 2.75) is 108 Å². The highest BCUT2D eigenvalue weighted by molar-refractivity contribution is 5.66. The summed E-state index contributed by atoms with van der Waals surface area (Å²) in [7, 11) is 1.59. The molecule has 6 aromatic carbocycles. The lowest BCUT2D eigenvalue weighted by atomic mass is 9.95. The van der Waals surface area contributed by atoms with Gasteiger partial charge in [0.1, 0.15) is 42.7 Å². The molecule has 0 aliphatic carbocycles. The largest absolute Gasteiger partial charge is 0.457 e. The molecule has 8 rings (SSSR count). The maximum atomic E-state index is 13.1. The maximum Gasteiger partial charge on any atom is 0.303 e. The summed E-state index contributed by atoms with van der Waals surface area (Å²) in [6.45, 7) is 2.88. The zero-order valence-corrected chi connectivity index (χ0v) is 39.1. The highest BCUT2D eigenvalue weighted by Crippen LogP contribution is 2.36. The molecule has 2 aliphatic rings. The van der Waals surface area contributed by atoms with Gasteiger partial charge in [-0.1, -0.05) is 182 Å². The summed E-state index contributed by atoms with van der Waals surface area (Å²) in [4.78, 5) is 13.1. The van der Waals surface area contributed by atoms with Gasteiger partial charge in [-0.3, -0.25) is 4.79 Å². The van der Waals surface area contributed by atoms with Gasteiger partial charge in [0.05, 0.1) is 52.9 Å². The molecule has 2 aliphatic heterocycles. The Morgan fingerprint density at radius 2 is 0.696 bits per heavy atom. The van der Waals surface area contributed by atoms with Crippen LogP contribution in [0.2, 0.25) is 0 Å². The van der Waals surface area contributed by atoms with Crippen LogP contribution in [0.1, 0.15) is 40.3 Å². The Balaban J connectivity index is 1.18. The fraction of sp³-hybridized carbons (Fsp3) is 0.351. The first-order chi connectivity index (χ1) is 34.0. The minimum Gasteiger partial charge on any atom is -0.457 e. The third-order valence-electron chi connectivity index (χ3n) is 11.9. The van der Waals surface area contributed by atoms with Crippen molar-refractivity contribution in [1.29, 1.82) is 0 Å². The van der Waals surface area contributed by atoms with Crippen LogP contribution in [0.15, 0.2) is 182 Å². The van der Waals surface area contributed by atoms with Crippen LogP contribution in [0.5, 0.6) is 0 Å². The van der Waals surface area contributed by atoms with E-state index in [1.807, 2.05) is 182 Å². The van der Waals surface area contributed by atoms with Crippen molar-refractivity contribution in [3.8, 4) is 0 Å². The van der Waals surface area contributed by atoms with Crippen LogP contribution >= 0.6 is 0 Å². The molecule has 6 aromatic rings. The molecule has 0 N–H and O–H groups in total. The van der Waals surface area contributed by atoms with Crippen LogP contribution in [-0.2, 0) is 96.5 Å². The average molecular weight is 939 g/mol. The lowest BCUT2D eigenvalue weighted by Gasteiger charge is -2.50. The van der Waals surface area contributed by atoms with Crippen LogP contribution in [0.25, 0.3) is 0 Å². The number of ether oxygens (including phenoxy) is 11. The zero-order valence-electron chi connectivity index (χ0n) is 39.1. The number of carbonyl (C=O) groups is 1. The molecule has 2 saturated heterocycles. The van der Waals surface area contributed by atoms with Gasteiger partial charge in [-0.05, 0) is 33.4 Å². The fourth-order valence-corrected chi connectivity index (χ4v) is 8.51. The quantitative estimate of drug-likeness (QED) is 0.0539. The first kappa shape index (κ1) is 49.8. The Labute approximate surface area is 405 Å². The molecule has 0 radical (unpaired) electrons. The molecule has 12 heteroatoms. The fourth-order valence-electron chi connectivity index (χ4n) is 8.51. The Morgan fingerprint density at radius 3 is 1.06 bits per heavy atom. The summed E-state index contributed by atoms with van der Waals surface area (Å²) in [5.74, 6) is -0.513. The van der Waals surface area contributed by atoms with E-state index in [-0.39, 0.29) is 46.2 Å². The van der Waals surface area contributed by atoms with Crippen molar-refractivity contribution >= 4 is 5.97 Å². The summed E-state index contributed by atoms with van der Waals surface area (Å²) in [5, 5.41) is 0. The standard InChI is InChI=1S/C57H62O12/c1-41(58)66-50-48(39-60-33-42-21-9-3-10-22-42)68-57(55(65-38-47-31-19-8-20-32-47)52(50)62-35-44-25-13-5-14-26-44)69-51-49(40-61-34-43-23-11-4-12-24-43)67-56(59-2)54(64-37-46-29-17-7-18-30-46)53(51)63-36-45-27-15-6-16-28-45/h3-32,48-57H,33-40H2,1-2H3/t48-,49-,50+,51-,52+,53+,54-,55-,56+,57-/m1/s1. The number of hydrogen-bond donors (Lipinski definition) is 0. The lowest BCUT2D eigenvalue weighted by molar-refractivity contribution is -0.373. The summed E-state index contributed by atoms with van der Waals surface area (Å²) in [6, 6.07) is 59.2. The van der Waals surface area contributed by atoms with Crippen molar-refractivity contribution in [1.82, 2.24) is 0 Å². The van der Waals surface area contributed by atoms with Crippen molar-refractivity contribution in [3.05, 3.63) is 215 Å². The van der Waals surface area contributed by atoms with Gasteiger partial charge in [0, 0.05) is 14.0 Å². The van der Waals surface area contributed by atoms with Gasteiger partial charge in [0.15, 0.2) is 18.7 Å². The van der Waals surface area contributed by atoms with Crippen molar-refractivity contribution in [3.63, 3.8) is 0 Å². The van der Waals surface area contributed by atoms with Crippen molar-refractivity contribution in [2.75, 3.05) is 20.3 Å². The SMILES string of the molecule is CO[C@H]1O[C@H](COCc2ccccc2)[C@@H](O[C@H]2O[C@H](COCc3ccccc3)[C@H](OC(C)=O)[C@H](OCc3ccccc3)[C@H]2OCc2ccccc2)[C@H](OCc2ccccc2)[C@H]1OCc1ccccc1. The predicted molar refractivity (Wildman–Crippen MR) is 257 cm³/mol. The second kappa shape index (κ2) is 26.4. The first-order valence-corrected chi connectivity index (χ1v) is 23.5. The van der Waals surface area contributed by atoms with Crippen LogP contribution in [0, 0.1) is 0 Å². The second-order valence-corrected chi connectivity index (χ2v) is 17.0. The normalized spacial score (nSPS) is 24.7. The smallest absolute Gasteiger partial charge is 0.303 e.